The standard InChI is InChI=1S/C17H35N/c1-5-8-10-13-17(12-9-6-2)18-15-14-16(4)11-7-3/h8,10,16-18H,5-7,9,11-15H2,1-4H3/b10-8-/t16?,17-/m0/s1. The summed E-state index contributed by atoms with van der Waals surface area (Å²) in [5.74, 6) is 0.875. The van der Waals surface area contributed by atoms with E-state index in [4.69, 9.17) is 0 Å². The number of nitrogens with one attached hydrogen (secondary N) is 1. The third kappa shape index (κ3) is 10.8. The van der Waals surface area contributed by atoms with Crippen molar-refractivity contribution in [1.82, 2.24) is 5.32 Å². The summed E-state index contributed by atoms with van der Waals surface area (Å²) < 4.78 is 0. The second-order valence-electron chi connectivity index (χ2n) is 5.59. The molecule has 0 bridgehead atoms. The van der Waals surface area contributed by atoms with E-state index in [2.05, 4.69) is 45.2 Å². The molecule has 0 fully saturated rings. The molecule has 0 aromatic rings. The van der Waals surface area contributed by atoms with E-state index in [1.54, 1.807) is 0 Å². The first-order chi connectivity index (χ1) is 8.74. The third-order valence-electron chi connectivity index (χ3n) is 3.58. The van der Waals surface area contributed by atoms with Crippen molar-refractivity contribution in [2.45, 2.75) is 85.1 Å². The highest BCUT2D eigenvalue weighted by molar-refractivity contribution is 4.85. The second-order valence-corrected chi connectivity index (χ2v) is 5.59. The van der Waals surface area contributed by atoms with E-state index in [1.165, 1.54) is 51.5 Å². The van der Waals surface area contributed by atoms with E-state index in [-0.39, 0.29) is 0 Å². The second kappa shape index (κ2) is 13.1. The van der Waals surface area contributed by atoms with Gasteiger partial charge in [0, 0.05) is 6.04 Å². The highest BCUT2D eigenvalue weighted by atomic mass is 14.9. The van der Waals surface area contributed by atoms with Gasteiger partial charge in [0.15, 0.2) is 0 Å². The molecule has 1 unspecified atom stereocenters. The number of unbranched alkanes of at least 4 members (excludes halogenated alkanes) is 1. The van der Waals surface area contributed by atoms with E-state index >= 15 is 0 Å². The van der Waals surface area contributed by atoms with Crippen LogP contribution < -0.4 is 5.32 Å². The quantitative estimate of drug-likeness (QED) is 0.464. The molecule has 108 valence electrons. The number of hydrogen-bond acceptors (Lipinski definition) is 1. The van der Waals surface area contributed by atoms with Crippen LogP contribution in [0.2, 0.25) is 0 Å². The zero-order valence-corrected chi connectivity index (χ0v) is 13.2. The molecule has 0 aliphatic carbocycles. The molecule has 18 heavy (non-hydrogen) atoms. The normalized spacial score (nSPS) is 15.1. The lowest BCUT2D eigenvalue weighted by atomic mass is 10.0. The maximum absolute atomic E-state index is 3.75. The number of allylic oxidation sites excluding steroid dienone is 1. The van der Waals surface area contributed by atoms with Gasteiger partial charge in [-0.2, -0.15) is 0 Å². The van der Waals surface area contributed by atoms with Crippen molar-refractivity contribution >= 4 is 0 Å². The predicted octanol–water partition coefficient (Wildman–Crippen LogP) is 5.32. The molecule has 2 atom stereocenters. The zero-order valence-electron chi connectivity index (χ0n) is 13.2. The number of hydrogen-bond donors (Lipinski definition) is 1. The molecule has 0 aliphatic heterocycles. The Bertz CT molecular complexity index is 186. The molecular formula is C17H35N. The van der Waals surface area contributed by atoms with Crippen LogP contribution in [0.3, 0.4) is 0 Å². The molecular weight excluding hydrogens is 218 g/mol. The van der Waals surface area contributed by atoms with E-state index in [1.807, 2.05) is 0 Å². The first kappa shape index (κ1) is 17.7. The van der Waals surface area contributed by atoms with Gasteiger partial charge in [0.2, 0.25) is 0 Å². The molecule has 0 amide bonds. The van der Waals surface area contributed by atoms with Crippen LogP contribution in [0.4, 0.5) is 0 Å². The molecule has 0 spiro atoms. The lowest BCUT2D eigenvalue weighted by Gasteiger charge is -2.18. The Labute approximate surface area is 115 Å². The third-order valence-corrected chi connectivity index (χ3v) is 3.58. The lowest BCUT2D eigenvalue weighted by Crippen LogP contribution is -2.30. The predicted molar refractivity (Wildman–Crippen MR) is 84.1 cm³/mol. The Morgan fingerprint density at radius 3 is 2.33 bits per heavy atom. The van der Waals surface area contributed by atoms with Gasteiger partial charge in [-0.3, -0.25) is 0 Å². The van der Waals surface area contributed by atoms with Crippen LogP contribution in [-0.4, -0.2) is 12.6 Å². The van der Waals surface area contributed by atoms with Crippen LogP contribution in [0.25, 0.3) is 0 Å². The summed E-state index contributed by atoms with van der Waals surface area (Å²) in [6.07, 6.45) is 15.0. The Balaban J connectivity index is 3.80. The fourth-order valence-electron chi connectivity index (χ4n) is 2.35. The molecule has 1 N–H and O–H groups in total. The van der Waals surface area contributed by atoms with Gasteiger partial charge < -0.3 is 5.32 Å². The Morgan fingerprint density at radius 2 is 1.72 bits per heavy atom. The van der Waals surface area contributed by atoms with E-state index < -0.39 is 0 Å². The van der Waals surface area contributed by atoms with Gasteiger partial charge in [0.25, 0.3) is 0 Å². The fourth-order valence-corrected chi connectivity index (χ4v) is 2.35. The average molecular weight is 253 g/mol. The molecule has 0 aromatic carbocycles. The van der Waals surface area contributed by atoms with Gasteiger partial charge in [0.05, 0.1) is 0 Å². The Hall–Kier alpha value is -0.300. The van der Waals surface area contributed by atoms with E-state index in [0.29, 0.717) is 6.04 Å². The van der Waals surface area contributed by atoms with Crippen LogP contribution in [0, 0.1) is 5.92 Å². The molecule has 0 radical (unpaired) electrons. The zero-order chi connectivity index (χ0) is 13.6. The average Bonchev–Trinajstić information content (AvgIpc) is 2.36. The van der Waals surface area contributed by atoms with Crippen molar-refractivity contribution < 1.29 is 0 Å². The summed E-state index contributed by atoms with van der Waals surface area (Å²) in [7, 11) is 0. The van der Waals surface area contributed by atoms with Crippen LogP contribution in [0.5, 0.6) is 0 Å². The monoisotopic (exact) mass is 253 g/mol. The number of rotatable bonds is 12. The van der Waals surface area contributed by atoms with Crippen LogP contribution in [0.1, 0.15) is 79.1 Å². The summed E-state index contributed by atoms with van der Waals surface area (Å²) in [5, 5.41) is 3.75. The largest absolute Gasteiger partial charge is 0.314 e. The molecule has 0 aliphatic rings. The van der Waals surface area contributed by atoms with Gasteiger partial charge in [-0.1, -0.05) is 65.5 Å². The summed E-state index contributed by atoms with van der Waals surface area (Å²) in [6, 6.07) is 0.696. The SMILES string of the molecule is CC/C=C\C[C@H](CCCC)NCCC(C)CCC. The summed E-state index contributed by atoms with van der Waals surface area (Å²) >= 11 is 0. The van der Waals surface area contributed by atoms with Gasteiger partial charge in [-0.15, -0.1) is 0 Å². The minimum absolute atomic E-state index is 0.696. The van der Waals surface area contributed by atoms with Crippen molar-refractivity contribution in [3.05, 3.63) is 12.2 Å². The minimum Gasteiger partial charge on any atom is -0.314 e. The van der Waals surface area contributed by atoms with Gasteiger partial charge >= 0.3 is 0 Å². The maximum Gasteiger partial charge on any atom is 0.0102 e. The van der Waals surface area contributed by atoms with Crippen molar-refractivity contribution in [3.8, 4) is 0 Å². The van der Waals surface area contributed by atoms with Gasteiger partial charge in [0.1, 0.15) is 0 Å². The molecule has 0 saturated heterocycles. The highest BCUT2D eigenvalue weighted by Crippen LogP contribution is 2.10. The van der Waals surface area contributed by atoms with Crippen LogP contribution in [-0.2, 0) is 0 Å². The van der Waals surface area contributed by atoms with Crippen molar-refractivity contribution in [1.29, 1.82) is 0 Å². The first-order valence-electron chi connectivity index (χ1n) is 8.12. The molecule has 1 heteroatoms. The lowest BCUT2D eigenvalue weighted by molar-refractivity contribution is 0.415. The Morgan fingerprint density at radius 1 is 0.944 bits per heavy atom. The van der Waals surface area contributed by atoms with Crippen LogP contribution in [0.15, 0.2) is 12.2 Å². The first-order valence-corrected chi connectivity index (χ1v) is 8.12. The van der Waals surface area contributed by atoms with Crippen molar-refractivity contribution in [2.24, 2.45) is 5.92 Å². The summed E-state index contributed by atoms with van der Waals surface area (Å²) in [6.45, 7) is 10.3. The van der Waals surface area contributed by atoms with Gasteiger partial charge in [-0.25, -0.2) is 0 Å². The Kier molecular flexibility index (Phi) is 12.9. The smallest absolute Gasteiger partial charge is 0.0102 e. The van der Waals surface area contributed by atoms with Crippen molar-refractivity contribution in [3.63, 3.8) is 0 Å². The molecule has 0 aromatic heterocycles. The van der Waals surface area contributed by atoms with E-state index in [9.17, 15) is 0 Å². The molecule has 0 rings (SSSR count). The van der Waals surface area contributed by atoms with Crippen LogP contribution >= 0.6 is 0 Å². The van der Waals surface area contributed by atoms with Gasteiger partial charge in [-0.05, 0) is 38.1 Å². The summed E-state index contributed by atoms with van der Waals surface area (Å²) in [4.78, 5) is 0. The molecule has 0 heterocycles. The fraction of sp³-hybridized carbons (Fsp3) is 0.882. The topological polar surface area (TPSA) is 12.0 Å². The molecule has 0 saturated carbocycles. The summed E-state index contributed by atoms with van der Waals surface area (Å²) in [5.41, 5.74) is 0. The molecule has 1 nitrogen and oxygen atoms in total. The van der Waals surface area contributed by atoms with Crippen molar-refractivity contribution in [2.75, 3.05) is 6.54 Å². The van der Waals surface area contributed by atoms with E-state index in [0.717, 1.165) is 12.3 Å². The highest BCUT2D eigenvalue weighted by Gasteiger charge is 2.06. The minimum atomic E-state index is 0.696. The maximum atomic E-state index is 3.75.